The summed E-state index contributed by atoms with van der Waals surface area (Å²) in [5.41, 5.74) is 0.167. The lowest BCUT2D eigenvalue weighted by Gasteiger charge is -2.14. The predicted octanol–water partition coefficient (Wildman–Crippen LogP) is 0.654. The maximum atomic E-state index is 10.9. The zero-order valence-electron chi connectivity index (χ0n) is 8.10. The number of nitrogens with one attached hydrogen (secondary N) is 1. The van der Waals surface area contributed by atoms with Crippen LogP contribution in [0.15, 0.2) is 24.3 Å². The highest BCUT2D eigenvalue weighted by Gasteiger charge is 2.22. The maximum absolute atomic E-state index is 10.9. The van der Waals surface area contributed by atoms with Crippen LogP contribution >= 0.6 is 0 Å². The van der Waals surface area contributed by atoms with Gasteiger partial charge in [0.1, 0.15) is 5.75 Å². The molecule has 1 atom stereocenters. The van der Waals surface area contributed by atoms with Crippen LogP contribution in [0, 0.1) is 0 Å². The van der Waals surface area contributed by atoms with Gasteiger partial charge in [0.25, 0.3) is 0 Å². The molecule has 5 nitrogen and oxygen atoms in total. The molecule has 3 N–H and O–H groups in total. The van der Waals surface area contributed by atoms with Crippen molar-refractivity contribution in [3.8, 4) is 5.75 Å². The second-order valence-electron chi connectivity index (χ2n) is 3.03. The number of para-hydroxylation sites is 1. The van der Waals surface area contributed by atoms with Crippen LogP contribution in [0.1, 0.15) is 18.5 Å². The fourth-order valence-corrected chi connectivity index (χ4v) is 1.21. The average molecular weight is 209 g/mol. The monoisotopic (exact) mass is 209 g/mol. The summed E-state index contributed by atoms with van der Waals surface area (Å²) < 4.78 is 0. The summed E-state index contributed by atoms with van der Waals surface area (Å²) >= 11 is 0. The Morgan fingerprint density at radius 2 is 1.93 bits per heavy atom. The van der Waals surface area contributed by atoms with Crippen molar-refractivity contribution >= 4 is 11.9 Å². The summed E-state index contributed by atoms with van der Waals surface area (Å²) in [6.45, 7) is 1.22. The third-order valence-corrected chi connectivity index (χ3v) is 1.84. The van der Waals surface area contributed by atoms with Crippen LogP contribution < -0.4 is 5.32 Å². The Bertz CT molecular complexity index is 389. The lowest BCUT2D eigenvalue weighted by atomic mass is 10.1. The molecule has 0 bridgehead atoms. The second-order valence-corrected chi connectivity index (χ2v) is 3.03. The minimum atomic E-state index is -1.22. The molecule has 15 heavy (non-hydrogen) atoms. The van der Waals surface area contributed by atoms with E-state index < -0.39 is 17.9 Å². The number of carbonyl (C=O) groups is 2. The molecule has 0 aliphatic heterocycles. The molecule has 1 amide bonds. The summed E-state index contributed by atoms with van der Waals surface area (Å²) in [5.74, 6) is -1.84. The van der Waals surface area contributed by atoms with Crippen LogP contribution in [-0.4, -0.2) is 22.1 Å². The smallest absolute Gasteiger partial charge is 0.331 e. The standard InChI is InChI=1S/C10H11NO4/c1-6(12)11-9(10(14)15)7-4-2-3-5-8(7)13/h2-5,9,13H,1H3,(H,11,12)(H,14,15). The topological polar surface area (TPSA) is 86.6 Å². The van der Waals surface area contributed by atoms with E-state index in [0.717, 1.165) is 0 Å². The number of amides is 1. The van der Waals surface area contributed by atoms with Gasteiger partial charge in [-0.1, -0.05) is 18.2 Å². The van der Waals surface area contributed by atoms with Crippen LogP contribution in [0.2, 0.25) is 0 Å². The van der Waals surface area contributed by atoms with E-state index in [1.807, 2.05) is 0 Å². The van der Waals surface area contributed by atoms with E-state index >= 15 is 0 Å². The van der Waals surface area contributed by atoms with Gasteiger partial charge in [-0.25, -0.2) is 4.79 Å². The SMILES string of the molecule is CC(=O)NC(C(=O)O)c1ccccc1O. The Balaban J connectivity index is 3.04. The van der Waals surface area contributed by atoms with Gasteiger partial charge in [-0.2, -0.15) is 0 Å². The number of hydrogen-bond acceptors (Lipinski definition) is 3. The van der Waals surface area contributed by atoms with Gasteiger partial charge >= 0.3 is 5.97 Å². The molecule has 1 aromatic rings. The zero-order chi connectivity index (χ0) is 11.4. The quantitative estimate of drug-likeness (QED) is 0.682. The third-order valence-electron chi connectivity index (χ3n) is 1.84. The molecule has 0 heterocycles. The molecule has 0 radical (unpaired) electrons. The first-order valence-corrected chi connectivity index (χ1v) is 4.30. The number of aliphatic carboxylic acids is 1. The Hall–Kier alpha value is -2.04. The Morgan fingerprint density at radius 3 is 2.40 bits per heavy atom. The fraction of sp³-hybridized carbons (Fsp3) is 0.200. The number of phenolic OH excluding ortho intramolecular Hbond substituents is 1. The molecule has 5 heteroatoms. The Morgan fingerprint density at radius 1 is 1.33 bits per heavy atom. The number of carbonyl (C=O) groups excluding carboxylic acids is 1. The van der Waals surface area contributed by atoms with Crippen molar-refractivity contribution in [1.29, 1.82) is 0 Å². The van der Waals surface area contributed by atoms with Gasteiger partial charge < -0.3 is 15.5 Å². The molecule has 0 aliphatic carbocycles. The van der Waals surface area contributed by atoms with Gasteiger partial charge in [0, 0.05) is 12.5 Å². The summed E-state index contributed by atoms with van der Waals surface area (Å²) in [5, 5.41) is 20.5. The molecule has 0 aliphatic rings. The summed E-state index contributed by atoms with van der Waals surface area (Å²) in [6, 6.07) is 4.76. The van der Waals surface area contributed by atoms with E-state index in [0.29, 0.717) is 0 Å². The van der Waals surface area contributed by atoms with Crippen LogP contribution in [0.4, 0.5) is 0 Å². The van der Waals surface area contributed by atoms with Gasteiger partial charge in [-0.3, -0.25) is 4.79 Å². The molecule has 0 aromatic heterocycles. The van der Waals surface area contributed by atoms with Crippen LogP contribution in [0.5, 0.6) is 5.75 Å². The first-order chi connectivity index (χ1) is 7.02. The number of carboxylic acid groups (broad SMARTS) is 1. The lowest BCUT2D eigenvalue weighted by Crippen LogP contribution is -2.31. The number of benzene rings is 1. The molecule has 0 saturated heterocycles. The normalized spacial score (nSPS) is 11.8. The number of rotatable bonds is 3. The van der Waals surface area contributed by atoms with E-state index in [1.54, 1.807) is 12.1 Å². The van der Waals surface area contributed by atoms with E-state index in [9.17, 15) is 14.7 Å². The van der Waals surface area contributed by atoms with E-state index in [-0.39, 0.29) is 11.3 Å². The first kappa shape index (κ1) is 11.0. The average Bonchev–Trinajstić information content (AvgIpc) is 2.15. The Kier molecular flexibility index (Phi) is 3.28. The number of phenols is 1. The summed E-state index contributed by atoms with van der Waals surface area (Å²) in [6.07, 6.45) is 0. The number of aromatic hydroxyl groups is 1. The molecule has 0 saturated carbocycles. The highest BCUT2D eigenvalue weighted by molar-refractivity contribution is 5.83. The van der Waals surface area contributed by atoms with Gasteiger partial charge in [0.15, 0.2) is 6.04 Å². The van der Waals surface area contributed by atoms with Crippen molar-refractivity contribution in [3.63, 3.8) is 0 Å². The van der Waals surface area contributed by atoms with Crippen LogP contribution in [0.3, 0.4) is 0 Å². The van der Waals surface area contributed by atoms with Crippen LogP contribution in [-0.2, 0) is 9.59 Å². The van der Waals surface area contributed by atoms with Crippen molar-refractivity contribution in [2.45, 2.75) is 13.0 Å². The first-order valence-electron chi connectivity index (χ1n) is 4.30. The summed E-state index contributed by atoms with van der Waals surface area (Å²) in [4.78, 5) is 21.6. The highest BCUT2D eigenvalue weighted by Crippen LogP contribution is 2.23. The van der Waals surface area contributed by atoms with Crippen molar-refractivity contribution < 1.29 is 19.8 Å². The molecule has 80 valence electrons. The molecular weight excluding hydrogens is 198 g/mol. The third kappa shape index (κ3) is 2.70. The second kappa shape index (κ2) is 4.45. The molecule has 1 aromatic carbocycles. The van der Waals surface area contributed by atoms with E-state index in [4.69, 9.17) is 5.11 Å². The molecule has 1 rings (SSSR count). The minimum absolute atomic E-state index is 0.154. The summed E-state index contributed by atoms with van der Waals surface area (Å²) in [7, 11) is 0. The van der Waals surface area contributed by atoms with E-state index in [2.05, 4.69) is 5.32 Å². The number of hydrogen-bond donors (Lipinski definition) is 3. The largest absolute Gasteiger partial charge is 0.508 e. The van der Waals surface area contributed by atoms with Gasteiger partial charge in [-0.15, -0.1) is 0 Å². The van der Waals surface area contributed by atoms with Crippen molar-refractivity contribution in [1.82, 2.24) is 5.32 Å². The Labute approximate surface area is 86.4 Å². The minimum Gasteiger partial charge on any atom is -0.508 e. The van der Waals surface area contributed by atoms with Gasteiger partial charge in [0.05, 0.1) is 0 Å². The zero-order valence-corrected chi connectivity index (χ0v) is 8.10. The van der Waals surface area contributed by atoms with Crippen molar-refractivity contribution in [2.75, 3.05) is 0 Å². The van der Waals surface area contributed by atoms with Crippen molar-refractivity contribution in [2.24, 2.45) is 0 Å². The molecule has 1 unspecified atom stereocenters. The van der Waals surface area contributed by atoms with Crippen LogP contribution in [0.25, 0.3) is 0 Å². The fourth-order valence-electron chi connectivity index (χ4n) is 1.21. The van der Waals surface area contributed by atoms with Gasteiger partial charge in [-0.05, 0) is 6.07 Å². The number of carboxylic acids is 1. The molecule has 0 spiro atoms. The molecular formula is C10H11NO4. The maximum Gasteiger partial charge on any atom is 0.331 e. The molecule has 0 fully saturated rings. The predicted molar refractivity (Wildman–Crippen MR) is 52.3 cm³/mol. The van der Waals surface area contributed by atoms with Gasteiger partial charge in [0.2, 0.25) is 5.91 Å². The van der Waals surface area contributed by atoms with E-state index in [1.165, 1.54) is 19.1 Å². The van der Waals surface area contributed by atoms with Crippen molar-refractivity contribution in [3.05, 3.63) is 29.8 Å². The lowest BCUT2D eigenvalue weighted by molar-refractivity contribution is -0.141. The highest BCUT2D eigenvalue weighted by atomic mass is 16.4.